The first kappa shape index (κ1) is 18.6. The third-order valence-electron chi connectivity index (χ3n) is 4.19. The molecule has 2 aromatic rings. The number of hydrogen-bond acceptors (Lipinski definition) is 5. The molecule has 0 saturated carbocycles. The Morgan fingerprint density at radius 2 is 1.78 bits per heavy atom. The number of anilines is 2. The second-order valence-electron chi connectivity index (χ2n) is 6.63. The molecule has 0 unspecified atom stereocenters. The van der Waals surface area contributed by atoms with Crippen molar-refractivity contribution in [1.29, 1.82) is 0 Å². The number of urea groups is 1. The number of nitrogens with zero attached hydrogens (tertiary/aromatic N) is 1. The Morgan fingerprint density at radius 3 is 2.48 bits per heavy atom. The van der Waals surface area contributed by atoms with E-state index in [1.165, 1.54) is 0 Å². The molecular formula is C20H23N3O4. The Bertz CT molecular complexity index is 834. The molecule has 0 atom stereocenters. The van der Waals surface area contributed by atoms with Crippen LogP contribution in [0.25, 0.3) is 0 Å². The van der Waals surface area contributed by atoms with E-state index in [0.29, 0.717) is 17.2 Å². The zero-order chi connectivity index (χ0) is 19.4. The van der Waals surface area contributed by atoms with E-state index in [-0.39, 0.29) is 25.3 Å². The van der Waals surface area contributed by atoms with Crippen LogP contribution in [0.3, 0.4) is 0 Å². The largest absolute Gasteiger partial charge is 0.454 e. The number of benzene rings is 2. The van der Waals surface area contributed by atoms with Crippen LogP contribution in [-0.4, -0.2) is 31.3 Å². The lowest BCUT2D eigenvalue weighted by Gasteiger charge is -2.28. The molecule has 0 fully saturated rings. The molecule has 0 spiro atoms. The Morgan fingerprint density at radius 1 is 1.07 bits per heavy atom. The van der Waals surface area contributed by atoms with Crippen molar-refractivity contribution < 1.29 is 19.1 Å². The first-order chi connectivity index (χ1) is 12.9. The summed E-state index contributed by atoms with van der Waals surface area (Å²) in [5.74, 6) is 0.801. The summed E-state index contributed by atoms with van der Waals surface area (Å²) in [7, 11) is 0. The standard InChI is InChI=1S/C20H23N3O4/c1-13(2)23(16-7-4-14(3)5-8-16)11-19(24)22-20(25)21-15-6-9-17-18(10-15)27-12-26-17/h4-10,13H,11-12H2,1-3H3,(H2,21,22,24,25). The number of carbonyl (C=O) groups is 2. The third-order valence-corrected chi connectivity index (χ3v) is 4.19. The zero-order valence-corrected chi connectivity index (χ0v) is 15.6. The Balaban J connectivity index is 1.58. The van der Waals surface area contributed by atoms with Gasteiger partial charge in [-0.25, -0.2) is 4.79 Å². The quantitative estimate of drug-likeness (QED) is 0.845. The fourth-order valence-electron chi connectivity index (χ4n) is 2.77. The lowest BCUT2D eigenvalue weighted by molar-refractivity contribution is -0.118. The summed E-state index contributed by atoms with van der Waals surface area (Å²) in [5, 5.41) is 4.99. The Labute approximate surface area is 158 Å². The molecule has 27 heavy (non-hydrogen) atoms. The van der Waals surface area contributed by atoms with Crippen molar-refractivity contribution in [3.8, 4) is 11.5 Å². The van der Waals surface area contributed by atoms with E-state index in [2.05, 4.69) is 10.6 Å². The highest BCUT2D eigenvalue weighted by molar-refractivity contribution is 6.02. The topological polar surface area (TPSA) is 79.9 Å². The number of fused-ring (bicyclic) bond motifs is 1. The Hall–Kier alpha value is -3.22. The number of rotatable bonds is 5. The van der Waals surface area contributed by atoms with Crippen LogP contribution in [0.5, 0.6) is 11.5 Å². The first-order valence-electron chi connectivity index (χ1n) is 8.76. The molecule has 0 aromatic heterocycles. The van der Waals surface area contributed by atoms with Gasteiger partial charge < -0.3 is 19.7 Å². The van der Waals surface area contributed by atoms with E-state index in [1.54, 1.807) is 18.2 Å². The monoisotopic (exact) mass is 369 g/mol. The minimum absolute atomic E-state index is 0.0787. The second-order valence-corrected chi connectivity index (χ2v) is 6.63. The van der Waals surface area contributed by atoms with Crippen LogP contribution in [0.2, 0.25) is 0 Å². The molecule has 2 N–H and O–H groups in total. The molecule has 142 valence electrons. The van der Waals surface area contributed by atoms with Crippen molar-refractivity contribution in [2.75, 3.05) is 23.6 Å². The third kappa shape index (κ3) is 4.69. The van der Waals surface area contributed by atoms with E-state index in [9.17, 15) is 9.59 Å². The van der Waals surface area contributed by atoms with Crippen LogP contribution < -0.4 is 25.0 Å². The van der Waals surface area contributed by atoms with Crippen molar-refractivity contribution in [3.63, 3.8) is 0 Å². The van der Waals surface area contributed by atoms with Gasteiger partial charge in [0, 0.05) is 23.5 Å². The number of ether oxygens (including phenoxy) is 2. The van der Waals surface area contributed by atoms with Gasteiger partial charge in [-0.1, -0.05) is 17.7 Å². The number of aryl methyl sites for hydroxylation is 1. The van der Waals surface area contributed by atoms with Gasteiger partial charge in [-0.3, -0.25) is 10.1 Å². The fourth-order valence-corrected chi connectivity index (χ4v) is 2.77. The zero-order valence-electron chi connectivity index (χ0n) is 15.6. The molecule has 0 bridgehead atoms. The maximum Gasteiger partial charge on any atom is 0.325 e. The summed E-state index contributed by atoms with van der Waals surface area (Å²) in [6.07, 6.45) is 0. The van der Waals surface area contributed by atoms with E-state index < -0.39 is 6.03 Å². The van der Waals surface area contributed by atoms with Crippen LogP contribution >= 0.6 is 0 Å². The molecule has 2 aromatic carbocycles. The molecule has 1 heterocycles. The summed E-state index contributed by atoms with van der Waals surface area (Å²) in [5.41, 5.74) is 2.60. The van der Waals surface area contributed by atoms with Gasteiger partial charge in [0.2, 0.25) is 12.7 Å². The van der Waals surface area contributed by atoms with Crippen LogP contribution in [0.1, 0.15) is 19.4 Å². The van der Waals surface area contributed by atoms with E-state index >= 15 is 0 Å². The van der Waals surface area contributed by atoms with E-state index in [0.717, 1.165) is 11.3 Å². The van der Waals surface area contributed by atoms with Crippen LogP contribution in [0, 0.1) is 6.92 Å². The second kappa shape index (κ2) is 7.99. The highest BCUT2D eigenvalue weighted by Gasteiger charge is 2.18. The minimum atomic E-state index is -0.591. The summed E-state index contributed by atoms with van der Waals surface area (Å²) < 4.78 is 10.5. The predicted molar refractivity (Wildman–Crippen MR) is 103 cm³/mol. The first-order valence-corrected chi connectivity index (χ1v) is 8.76. The summed E-state index contributed by atoms with van der Waals surface area (Å²) in [4.78, 5) is 26.4. The summed E-state index contributed by atoms with van der Waals surface area (Å²) in [6, 6.07) is 12.5. The molecule has 0 aliphatic carbocycles. The van der Waals surface area contributed by atoms with Crippen molar-refractivity contribution in [1.82, 2.24) is 5.32 Å². The molecule has 0 radical (unpaired) electrons. The van der Waals surface area contributed by atoms with Crippen LogP contribution in [-0.2, 0) is 4.79 Å². The van der Waals surface area contributed by atoms with Crippen molar-refractivity contribution in [2.24, 2.45) is 0 Å². The predicted octanol–water partition coefficient (Wildman–Crippen LogP) is 3.29. The number of hydrogen-bond donors (Lipinski definition) is 2. The van der Waals surface area contributed by atoms with Gasteiger partial charge in [-0.05, 0) is 45.0 Å². The van der Waals surface area contributed by atoms with Gasteiger partial charge in [0.05, 0.1) is 6.54 Å². The number of amides is 3. The van der Waals surface area contributed by atoms with Gasteiger partial charge in [-0.2, -0.15) is 0 Å². The smallest absolute Gasteiger partial charge is 0.325 e. The SMILES string of the molecule is Cc1ccc(N(CC(=O)NC(=O)Nc2ccc3c(c2)OCO3)C(C)C)cc1. The lowest BCUT2D eigenvalue weighted by atomic mass is 10.2. The molecule has 7 nitrogen and oxygen atoms in total. The molecule has 0 saturated heterocycles. The summed E-state index contributed by atoms with van der Waals surface area (Å²) >= 11 is 0. The minimum Gasteiger partial charge on any atom is -0.454 e. The van der Waals surface area contributed by atoms with Crippen molar-refractivity contribution >= 4 is 23.3 Å². The van der Waals surface area contributed by atoms with Gasteiger partial charge in [0.1, 0.15) is 0 Å². The Kier molecular flexibility index (Phi) is 5.49. The maximum atomic E-state index is 12.3. The fraction of sp³-hybridized carbons (Fsp3) is 0.300. The molecule has 1 aliphatic heterocycles. The number of imide groups is 1. The highest BCUT2D eigenvalue weighted by Crippen LogP contribution is 2.34. The van der Waals surface area contributed by atoms with E-state index in [1.807, 2.05) is 49.9 Å². The number of carbonyl (C=O) groups excluding carboxylic acids is 2. The average Bonchev–Trinajstić information content (AvgIpc) is 3.08. The highest BCUT2D eigenvalue weighted by atomic mass is 16.7. The van der Waals surface area contributed by atoms with Crippen molar-refractivity contribution in [2.45, 2.75) is 26.8 Å². The van der Waals surface area contributed by atoms with Gasteiger partial charge in [-0.15, -0.1) is 0 Å². The van der Waals surface area contributed by atoms with Crippen molar-refractivity contribution in [3.05, 3.63) is 48.0 Å². The average molecular weight is 369 g/mol. The lowest BCUT2D eigenvalue weighted by Crippen LogP contribution is -2.44. The summed E-state index contributed by atoms with van der Waals surface area (Å²) in [6.45, 7) is 6.25. The van der Waals surface area contributed by atoms with E-state index in [4.69, 9.17) is 9.47 Å². The normalized spacial score (nSPS) is 12.0. The van der Waals surface area contributed by atoms with Gasteiger partial charge in [0.25, 0.3) is 0 Å². The molecular weight excluding hydrogens is 346 g/mol. The van der Waals surface area contributed by atoms with Gasteiger partial charge >= 0.3 is 6.03 Å². The molecule has 7 heteroatoms. The molecule has 3 rings (SSSR count). The van der Waals surface area contributed by atoms with Crippen LogP contribution in [0.15, 0.2) is 42.5 Å². The molecule has 3 amide bonds. The molecule has 1 aliphatic rings. The van der Waals surface area contributed by atoms with Gasteiger partial charge in [0.15, 0.2) is 11.5 Å². The van der Waals surface area contributed by atoms with Crippen LogP contribution in [0.4, 0.5) is 16.2 Å². The maximum absolute atomic E-state index is 12.3. The number of nitrogens with one attached hydrogen (secondary N) is 2.